The zero-order valence-corrected chi connectivity index (χ0v) is 16.6. The minimum Gasteiger partial charge on any atom is -0.486 e. The van der Waals surface area contributed by atoms with Crippen molar-refractivity contribution in [3.63, 3.8) is 0 Å². The van der Waals surface area contributed by atoms with Crippen LogP contribution >= 0.6 is 0 Å². The Kier molecular flexibility index (Phi) is 6.02. The van der Waals surface area contributed by atoms with Crippen molar-refractivity contribution >= 4 is 15.9 Å². The van der Waals surface area contributed by atoms with Crippen molar-refractivity contribution in [3.05, 3.63) is 54.1 Å². The first-order valence-electron chi connectivity index (χ1n) is 9.03. The summed E-state index contributed by atoms with van der Waals surface area (Å²) in [6, 6.07) is 13.9. The fourth-order valence-corrected chi connectivity index (χ4v) is 3.86. The molecular weight excluding hydrogens is 380 g/mol. The SMILES string of the molecule is CC(C)S(=O)(=O)N[C@@H]1COC[C@@H]1Oc1ccc(-c2ccccc2C(N)=O)cc1. The number of hydrogen-bond donors (Lipinski definition) is 2. The van der Waals surface area contributed by atoms with Crippen LogP contribution in [-0.2, 0) is 14.8 Å². The van der Waals surface area contributed by atoms with E-state index in [1.165, 1.54) is 0 Å². The summed E-state index contributed by atoms with van der Waals surface area (Å²) in [5.74, 6) is 0.101. The lowest BCUT2D eigenvalue weighted by molar-refractivity contribution is 0.100. The fraction of sp³-hybridized carbons (Fsp3) is 0.350. The van der Waals surface area contributed by atoms with E-state index in [1.54, 1.807) is 38.1 Å². The molecule has 0 aliphatic carbocycles. The molecule has 1 aliphatic rings. The Balaban J connectivity index is 1.73. The maximum absolute atomic E-state index is 12.1. The predicted molar refractivity (Wildman–Crippen MR) is 107 cm³/mol. The number of amides is 1. The van der Waals surface area contributed by atoms with Gasteiger partial charge in [0, 0.05) is 5.56 Å². The summed E-state index contributed by atoms with van der Waals surface area (Å²) in [5, 5.41) is -0.529. The van der Waals surface area contributed by atoms with Crippen molar-refractivity contribution in [1.82, 2.24) is 4.72 Å². The maximum atomic E-state index is 12.1. The van der Waals surface area contributed by atoms with Gasteiger partial charge < -0.3 is 15.2 Å². The van der Waals surface area contributed by atoms with Gasteiger partial charge in [-0.05, 0) is 43.2 Å². The lowest BCUT2D eigenvalue weighted by Gasteiger charge is -2.21. The van der Waals surface area contributed by atoms with Crippen LogP contribution in [0.5, 0.6) is 5.75 Å². The van der Waals surface area contributed by atoms with Crippen molar-refractivity contribution in [3.8, 4) is 16.9 Å². The Hall–Kier alpha value is -2.42. The largest absolute Gasteiger partial charge is 0.486 e. The molecule has 1 heterocycles. The van der Waals surface area contributed by atoms with E-state index < -0.39 is 33.3 Å². The fourth-order valence-electron chi connectivity index (χ4n) is 2.95. The van der Waals surface area contributed by atoms with E-state index in [-0.39, 0.29) is 6.61 Å². The lowest BCUT2D eigenvalue weighted by atomic mass is 9.99. The van der Waals surface area contributed by atoms with E-state index in [4.69, 9.17) is 15.2 Å². The van der Waals surface area contributed by atoms with Gasteiger partial charge in [-0.15, -0.1) is 0 Å². The number of rotatable bonds is 7. The van der Waals surface area contributed by atoms with Gasteiger partial charge in [-0.2, -0.15) is 0 Å². The third-order valence-corrected chi connectivity index (χ3v) is 6.48. The van der Waals surface area contributed by atoms with Crippen LogP contribution in [0, 0.1) is 0 Å². The predicted octanol–water partition coefficient (Wildman–Crippen LogP) is 1.93. The molecule has 2 aromatic carbocycles. The second kappa shape index (κ2) is 8.30. The zero-order chi connectivity index (χ0) is 20.3. The molecule has 1 saturated heterocycles. The van der Waals surface area contributed by atoms with E-state index in [2.05, 4.69) is 4.72 Å². The molecule has 0 radical (unpaired) electrons. The average molecular weight is 404 g/mol. The van der Waals surface area contributed by atoms with Gasteiger partial charge in [0.15, 0.2) is 0 Å². The number of nitrogens with one attached hydrogen (secondary N) is 1. The van der Waals surface area contributed by atoms with Gasteiger partial charge in [0.1, 0.15) is 11.9 Å². The highest BCUT2D eigenvalue weighted by atomic mass is 32.2. The van der Waals surface area contributed by atoms with Gasteiger partial charge in [-0.3, -0.25) is 4.79 Å². The molecular formula is C20H24N2O5S. The van der Waals surface area contributed by atoms with Crippen LogP contribution < -0.4 is 15.2 Å². The lowest BCUT2D eigenvalue weighted by Crippen LogP contribution is -2.47. The highest BCUT2D eigenvalue weighted by Gasteiger charge is 2.34. The van der Waals surface area contributed by atoms with Crippen LogP contribution in [0.1, 0.15) is 24.2 Å². The Morgan fingerprint density at radius 3 is 2.46 bits per heavy atom. The minimum absolute atomic E-state index is 0.265. The summed E-state index contributed by atoms with van der Waals surface area (Å²) in [7, 11) is -3.42. The summed E-state index contributed by atoms with van der Waals surface area (Å²) >= 11 is 0. The molecule has 0 unspecified atom stereocenters. The molecule has 2 atom stereocenters. The van der Waals surface area contributed by atoms with Gasteiger partial charge in [-0.1, -0.05) is 30.3 Å². The van der Waals surface area contributed by atoms with Crippen LogP contribution in [0.3, 0.4) is 0 Å². The maximum Gasteiger partial charge on any atom is 0.249 e. The molecule has 0 aromatic heterocycles. The molecule has 2 aromatic rings. The van der Waals surface area contributed by atoms with Gasteiger partial charge in [-0.25, -0.2) is 13.1 Å². The summed E-state index contributed by atoms with van der Waals surface area (Å²) in [4.78, 5) is 11.6. The van der Waals surface area contributed by atoms with E-state index in [1.807, 2.05) is 24.3 Å². The molecule has 3 N–H and O–H groups in total. The molecule has 0 spiro atoms. The quantitative estimate of drug-likeness (QED) is 0.733. The first kappa shape index (κ1) is 20.3. The van der Waals surface area contributed by atoms with E-state index in [0.717, 1.165) is 11.1 Å². The third-order valence-electron chi connectivity index (χ3n) is 4.61. The normalized spacial score (nSPS) is 19.7. The highest BCUT2D eigenvalue weighted by molar-refractivity contribution is 7.90. The average Bonchev–Trinajstić information content (AvgIpc) is 3.08. The van der Waals surface area contributed by atoms with Crippen LogP contribution in [0.2, 0.25) is 0 Å². The number of carbonyl (C=O) groups excluding carboxylic acids is 1. The molecule has 3 rings (SSSR count). The molecule has 28 heavy (non-hydrogen) atoms. The van der Waals surface area contributed by atoms with Crippen molar-refractivity contribution in [1.29, 1.82) is 0 Å². The Morgan fingerprint density at radius 1 is 1.14 bits per heavy atom. The molecule has 1 aliphatic heterocycles. The van der Waals surface area contributed by atoms with Gasteiger partial charge in [0.05, 0.1) is 24.5 Å². The topological polar surface area (TPSA) is 108 Å². The smallest absolute Gasteiger partial charge is 0.249 e. The number of ether oxygens (including phenoxy) is 2. The van der Waals surface area contributed by atoms with E-state index in [9.17, 15) is 13.2 Å². The summed E-state index contributed by atoms with van der Waals surface area (Å²) < 4.78 is 38.2. The molecule has 7 nitrogen and oxygen atoms in total. The number of hydrogen-bond acceptors (Lipinski definition) is 5. The van der Waals surface area contributed by atoms with Crippen LogP contribution in [0.25, 0.3) is 11.1 Å². The standard InChI is InChI=1S/C20H24N2O5S/c1-13(2)28(24,25)22-18-11-26-12-19(18)27-15-9-7-14(8-10-15)16-5-3-4-6-17(16)20(21)23/h3-10,13,18-19,22H,11-12H2,1-2H3,(H2,21,23)/t18-,19+/m1/s1. The van der Waals surface area contributed by atoms with Gasteiger partial charge >= 0.3 is 0 Å². The number of primary amides is 1. The number of benzene rings is 2. The van der Waals surface area contributed by atoms with E-state index >= 15 is 0 Å². The Bertz CT molecular complexity index is 941. The van der Waals surface area contributed by atoms with Crippen molar-refractivity contribution in [2.75, 3.05) is 13.2 Å². The molecule has 150 valence electrons. The molecule has 0 saturated carbocycles. The number of nitrogens with two attached hydrogens (primary N) is 1. The van der Waals surface area contributed by atoms with Crippen LogP contribution in [0.4, 0.5) is 0 Å². The minimum atomic E-state index is -3.42. The van der Waals surface area contributed by atoms with Crippen LogP contribution in [0.15, 0.2) is 48.5 Å². The monoisotopic (exact) mass is 404 g/mol. The van der Waals surface area contributed by atoms with Gasteiger partial charge in [0.2, 0.25) is 15.9 Å². The molecule has 1 amide bonds. The summed E-state index contributed by atoms with van der Waals surface area (Å²) in [5.41, 5.74) is 7.47. The molecule has 8 heteroatoms. The first-order valence-corrected chi connectivity index (χ1v) is 10.6. The molecule has 1 fully saturated rings. The number of carbonyl (C=O) groups is 1. The van der Waals surface area contributed by atoms with Crippen molar-refractivity contribution in [2.24, 2.45) is 5.73 Å². The Morgan fingerprint density at radius 2 is 1.82 bits per heavy atom. The second-order valence-corrected chi connectivity index (χ2v) is 9.21. The van der Waals surface area contributed by atoms with E-state index in [0.29, 0.717) is 17.9 Å². The number of sulfonamides is 1. The zero-order valence-electron chi connectivity index (χ0n) is 15.8. The second-order valence-electron chi connectivity index (χ2n) is 6.95. The highest BCUT2D eigenvalue weighted by Crippen LogP contribution is 2.27. The van der Waals surface area contributed by atoms with Crippen LogP contribution in [-0.4, -0.2) is 44.9 Å². The Labute approximate surface area is 164 Å². The third kappa shape index (κ3) is 4.52. The van der Waals surface area contributed by atoms with Crippen molar-refractivity contribution in [2.45, 2.75) is 31.2 Å². The van der Waals surface area contributed by atoms with Gasteiger partial charge in [0.25, 0.3) is 0 Å². The molecule has 0 bridgehead atoms. The first-order chi connectivity index (χ1) is 13.3. The summed E-state index contributed by atoms with van der Waals surface area (Å²) in [6.45, 7) is 3.81. The summed E-state index contributed by atoms with van der Waals surface area (Å²) in [6.07, 6.45) is -0.419. The van der Waals surface area contributed by atoms with Crippen molar-refractivity contribution < 1.29 is 22.7 Å².